The number of rotatable bonds is 6. The number of carbonyl (C=O) groups is 1. The Balaban J connectivity index is 2.71. The molecule has 0 amide bonds. The van der Waals surface area contributed by atoms with Crippen molar-refractivity contribution in [2.45, 2.75) is 19.5 Å². The Morgan fingerprint density at radius 2 is 2.05 bits per heavy atom. The molecule has 0 aliphatic heterocycles. The molecule has 0 unspecified atom stereocenters. The highest BCUT2D eigenvalue weighted by atomic mass is 35.5. The van der Waals surface area contributed by atoms with E-state index in [-0.39, 0.29) is 18.9 Å². The molecule has 0 heterocycles. The Hall–Kier alpha value is -1.07. The number of carbonyl (C=O) groups excluding carboxylic acids is 1. The topological polar surface area (TPSA) is 20.3 Å². The first-order valence-corrected chi connectivity index (χ1v) is 6.27. The standard InChI is InChI=1S/C13H15ClF3NO/c1-2-6-18(9-13(15,16)17)8-12(19)10-4-3-5-11(14)7-10/h3-5,7H,2,6,8-9H2,1H3. The summed E-state index contributed by atoms with van der Waals surface area (Å²) in [6.45, 7) is 0.667. The zero-order chi connectivity index (χ0) is 14.5. The van der Waals surface area contributed by atoms with E-state index >= 15 is 0 Å². The van der Waals surface area contributed by atoms with Gasteiger partial charge in [0, 0.05) is 10.6 Å². The van der Waals surface area contributed by atoms with Gasteiger partial charge >= 0.3 is 6.18 Å². The molecule has 1 rings (SSSR count). The van der Waals surface area contributed by atoms with Crippen LogP contribution in [0.4, 0.5) is 13.2 Å². The Morgan fingerprint density at radius 3 is 2.58 bits per heavy atom. The van der Waals surface area contributed by atoms with Crippen LogP contribution in [0, 0.1) is 0 Å². The van der Waals surface area contributed by atoms with Crippen LogP contribution in [-0.2, 0) is 0 Å². The van der Waals surface area contributed by atoms with Gasteiger partial charge in [-0.1, -0.05) is 30.7 Å². The fourth-order valence-corrected chi connectivity index (χ4v) is 1.93. The van der Waals surface area contributed by atoms with Gasteiger partial charge in [-0.3, -0.25) is 9.69 Å². The minimum Gasteiger partial charge on any atom is -0.293 e. The maximum atomic E-state index is 12.4. The van der Waals surface area contributed by atoms with E-state index in [2.05, 4.69) is 0 Å². The normalized spacial score (nSPS) is 11.9. The molecule has 0 aromatic heterocycles. The average Bonchev–Trinajstić information content (AvgIpc) is 2.27. The number of nitrogens with zero attached hydrogens (tertiary/aromatic N) is 1. The van der Waals surface area contributed by atoms with Crippen molar-refractivity contribution >= 4 is 17.4 Å². The van der Waals surface area contributed by atoms with E-state index in [1.807, 2.05) is 0 Å². The fraction of sp³-hybridized carbons (Fsp3) is 0.462. The molecule has 6 heteroatoms. The van der Waals surface area contributed by atoms with Crippen LogP contribution in [0.2, 0.25) is 5.02 Å². The number of hydrogen-bond acceptors (Lipinski definition) is 2. The van der Waals surface area contributed by atoms with Gasteiger partial charge in [0.2, 0.25) is 0 Å². The van der Waals surface area contributed by atoms with Gasteiger partial charge in [0.25, 0.3) is 0 Å². The average molecular weight is 294 g/mol. The van der Waals surface area contributed by atoms with Gasteiger partial charge in [-0.05, 0) is 25.1 Å². The molecule has 0 bridgehead atoms. The fourth-order valence-electron chi connectivity index (χ4n) is 1.74. The molecule has 0 radical (unpaired) electrons. The molecule has 0 aliphatic rings. The zero-order valence-electron chi connectivity index (χ0n) is 10.5. The number of Topliss-reactive ketones (excluding diaryl/α,β-unsaturated/α-hetero) is 1. The van der Waals surface area contributed by atoms with Gasteiger partial charge < -0.3 is 0 Å². The Morgan fingerprint density at radius 1 is 1.37 bits per heavy atom. The molecule has 0 spiro atoms. The van der Waals surface area contributed by atoms with Crippen molar-refractivity contribution in [1.82, 2.24) is 4.90 Å². The molecule has 0 saturated carbocycles. The summed E-state index contributed by atoms with van der Waals surface area (Å²) in [6, 6.07) is 6.22. The summed E-state index contributed by atoms with van der Waals surface area (Å²) in [5, 5.41) is 0.392. The van der Waals surface area contributed by atoms with E-state index in [4.69, 9.17) is 11.6 Å². The Labute approximate surface area is 115 Å². The van der Waals surface area contributed by atoms with Gasteiger partial charge in [-0.2, -0.15) is 13.2 Å². The Bertz CT molecular complexity index is 434. The third-order valence-corrected chi connectivity index (χ3v) is 2.69. The first kappa shape index (κ1) is 16.0. The van der Waals surface area contributed by atoms with Gasteiger partial charge in [0.05, 0.1) is 13.1 Å². The molecular weight excluding hydrogens is 279 g/mol. The van der Waals surface area contributed by atoms with E-state index in [0.717, 1.165) is 4.90 Å². The van der Waals surface area contributed by atoms with Crippen molar-refractivity contribution in [2.75, 3.05) is 19.6 Å². The van der Waals surface area contributed by atoms with Crippen LogP contribution < -0.4 is 0 Å². The lowest BCUT2D eigenvalue weighted by molar-refractivity contribution is -0.144. The van der Waals surface area contributed by atoms with Crippen LogP contribution in [-0.4, -0.2) is 36.5 Å². The highest BCUT2D eigenvalue weighted by Gasteiger charge is 2.31. The number of halogens is 4. The molecule has 0 aliphatic carbocycles. The van der Waals surface area contributed by atoms with Crippen LogP contribution >= 0.6 is 11.6 Å². The summed E-state index contributed by atoms with van der Waals surface area (Å²) in [5.41, 5.74) is 0.329. The van der Waals surface area contributed by atoms with Crippen LogP contribution in [0.5, 0.6) is 0 Å². The third-order valence-electron chi connectivity index (χ3n) is 2.46. The van der Waals surface area contributed by atoms with Crippen molar-refractivity contribution in [1.29, 1.82) is 0 Å². The van der Waals surface area contributed by atoms with Gasteiger partial charge in [0.15, 0.2) is 5.78 Å². The van der Waals surface area contributed by atoms with Crippen molar-refractivity contribution in [3.05, 3.63) is 34.9 Å². The first-order valence-electron chi connectivity index (χ1n) is 5.89. The molecule has 2 nitrogen and oxygen atoms in total. The van der Waals surface area contributed by atoms with Crippen molar-refractivity contribution in [3.8, 4) is 0 Å². The lowest BCUT2D eigenvalue weighted by atomic mass is 10.1. The second-order valence-electron chi connectivity index (χ2n) is 4.26. The first-order chi connectivity index (χ1) is 8.81. The predicted molar refractivity (Wildman–Crippen MR) is 68.6 cm³/mol. The van der Waals surface area contributed by atoms with E-state index in [9.17, 15) is 18.0 Å². The second kappa shape index (κ2) is 6.91. The predicted octanol–water partition coefficient (Wildman–Crippen LogP) is 3.80. The quantitative estimate of drug-likeness (QED) is 0.744. The van der Waals surface area contributed by atoms with E-state index in [1.165, 1.54) is 6.07 Å². The molecule has 106 valence electrons. The molecule has 0 N–H and O–H groups in total. The molecule has 1 aromatic rings. The number of alkyl halides is 3. The Kier molecular flexibility index (Phi) is 5.82. The lowest BCUT2D eigenvalue weighted by Crippen LogP contribution is -2.38. The van der Waals surface area contributed by atoms with Crippen LogP contribution in [0.1, 0.15) is 23.7 Å². The van der Waals surface area contributed by atoms with Crippen LogP contribution in [0.3, 0.4) is 0 Å². The SMILES string of the molecule is CCCN(CC(=O)c1cccc(Cl)c1)CC(F)(F)F. The summed E-state index contributed by atoms with van der Waals surface area (Å²) in [4.78, 5) is 13.0. The summed E-state index contributed by atoms with van der Waals surface area (Å²) in [5.74, 6) is -0.361. The second-order valence-corrected chi connectivity index (χ2v) is 4.70. The molecule has 19 heavy (non-hydrogen) atoms. The van der Waals surface area contributed by atoms with Gasteiger partial charge in [-0.15, -0.1) is 0 Å². The molecule has 0 saturated heterocycles. The smallest absolute Gasteiger partial charge is 0.293 e. The van der Waals surface area contributed by atoms with Crippen molar-refractivity contribution in [2.24, 2.45) is 0 Å². The van der Waals surface area contributed by atoms with Gasteiger partial charge in [0.1, 0.15) is 0 Å². The zero-order valence-corrected chi connectivity index (χ0v) is 11.3. The number of hydrogen-bond donors (Lipinski definition) is 0. The summed E-state index contributed by atoms with van der Waals surface area (Å²) < 4.78 is 37.1. The molecule has 1 aromatic carbocycles. The highest BCUT2D eigenvalue weighted by molar-refractivity contribution is 6.31. The minimum atomic E-state index is -4.30. The number of benzene rings is 1. The van der Waals surface area contributed by atoms with E-state index in [1.54, 1.807) is 25.1 Å². The maximum Gasteiger partial charge on any atom is 0.401 e. The third kappa shape index (κ3) is 6.07. The van der Waals surface area contributed by atoms with E-state index in [0.29, 0.717) is 17.0 Å². The number of ketones is 1. The molecule has 0 fully saturated rings. The molecular formula is C13H15ClF3NO. The van der Waals surface area contributed by atoms with Gasteiger partial charge in [-0.25, -0.2) is 0 Å². The largest absolute Gasteiger partial charge is 0.401 e. The lowest BCUT2D eigenvalue weighted by Gasteiger charge is -2.22. The summed E-state index contributed by atoms with van der Waals surface area (Å²) >= 11 is 5.75. The summed E-state index contributed by atoms with van der Waals surface area (Å²) in [7, 11) is 0. The molecule has 0 atom stereocenters. The highest BCUT2D eigenvalue weighted by Crippen LogP contribution is 2.17. The van der Waals surface area contributed by atoms with Crippen molar-refractivity contribution < 1.29 is 18.0 Å². The van der Waals surface area contributed by atoms with E-state index < -0.39 is 12.7 Å². The van der Waals surface area contributed by atoms with Crippen LogP contribution in [0.25, 0.3) is 0 Å². The monoisotopic (exact) mass is 293 g/mol. The maximum absolute atomic E-state index is 12.4. The summed E-state index contributed by atoms with van der Waals surface area (Å²) in [6.07, 6.45) is -3.75. The van der Waals surface area contributed by atoms with Crippen LogP contribution in [0.15, 0.2) is 24.3 Å². The van der Waals surface area contributed by atoms with Crippen molar-refractivity contribution in [3.63, 3.8) is 0 Å². The minimum absolute atomic E-state index is 0.228.